The summed E-state index contributed by atoms with van der Waals surface area (Å²) < 4.78 is 0. The van der Waals surface area contributed by atoms with Crippen LogP contribution in [0.1, 0.15) is 55.5 Å². The molecule has 0 saturated carbocycles. The molecule has 1 N–H and O–H groups in total. The minimum Gasteiger partial charge on any atom is -0.478 e. The van der Waals surface area contributed by atoms with Gasteiger partial charge in [-0.25, -0.2) is 4.79 Å². The fourth-order valence-corrected chi connectivity index (χ4v) is 3.43. The Balaban J connectivity index is 1.99. The molecule has 0 aliphatic carbocycles. The number of carboxylic acid groups (broad SMARTS) is 1. The molecule has 1 aliphatic rings. The van der Waals surface area contributed by atoms with E-state index in [9.17, 15) is 4.79 Å². The van der Waals surface area contributed by atoms with Gasteiger partial charge >= 0.3 is 5.97 Å². The zero-order chi connectivity index (χ0) is 15.5. The van der Waals surface area contributed by atoms with Crippen LogP contribution in [0.4, 0.5) is 0 Å². The molecule has 3 nitrogen and oxygen atoms in total. The maximum Gasteiger partial charge on any atom is 0.335 e. The van der Waals surface area contributed by atoms with Crippen molar-refractivity contribution in [3.8, 4) is 0 Å². The van der Waals surface area contributed by atoms with Crippen molar-refractivity contribution < 1.29 is 9.90 Å². The Hall–Kier alpha value is -1.06. The van der Waals surface area contributed by atoms with Crippen molar-refractivity contribution in [2.24, 2.45) is 5.41 Å². The topological polar surface area (TPSA) is 40.5 Å². The monoisotopic (exact) mass is 309 g/mol. The molecule has 1 saturated heterocycles. The second kappa shape index (κ2) is 6.80. The molecule has 4 heteroatoms. The number of piperidine rings is 1. The maximum atomic E-state index is 10.9. The number of hydrogen-bond donors (Lipinski definition) is 1. The minimum atomic E-state index is -0.933. The Kier molecular flexibility index (Phi) is 5.28. The smallest absolute Gasteiger partial charge is 0.335 e. The van der Waals surface area contributed by atoms with Crippen LogP contribution in [-0.2, 0) is 6.54 Å². The fourth-order valence-electron chi connectivity index (χ4n) is 3.19. The maximum absolute atomic E-state index is 10.9. The number of halogens is 1. The van der Waals surface area contributed by atoms with Gasteiger partial charge in [0.2, 0.25) is 0 Å². The van der Waals surface area contributed by atoms with Crippen LogP contribution in [0.2, 0.25) is 5.02 Å². The first-order valence-electron chi connectivity index (χ1n) is 7.74. The van der Waals surface area contributed by atoms with Gasteiger partial charge in [-0.2, -0.15) is 0 Å². The number of likely N-dealkylation sites (tertiary alicyclic amines) is 1. The molecule has 21 heavy (non-hydrogen) atoms. The zero-order valence-corrected chi connectivity index (χ0v) is 13.6. The Labute approximate surface area is 131 Å². The van der Waals surface area contributed by atoms with Crippen molar-refractivity contribution >= 4 is 17.6 Å². The minimum absolute atomic E-state index is 0.248. The van der Waals surface area contributed by atoms with E-state index in [1.165, 1.54) is 25.7 Å². The highest BCUT2D eigenvalue weighted by Gasteiger charge is 2.31. The molecule has 1 aliphatic heterocycles. The first-order valence-corrected chi connectivity index (χ1v) is 8.11. The summed E-state index contributed by atoms with van der Waals surface area (Å²) in [5, 5.41) is 9.52. The summed E-state index contributed by atoms with van der Waals surface area (Å²) in [5.41, 5.74) is 1.79. The van der Waals surface area contributed by atoms with Crippen LogP contribution in [-0.4, -0.2) is 29.1 Å². The number of hydrogen-bond acceptors (Lipinski definition) is 2. The molecule has 0 amide bonds. The number of rotatable bonds is 5. The van der Waals surface area contributed by atoms with Gasteiger partial charge in [-0.05, 0) is 49.0 Å². The lowest BCUT2D eigenvalue weighted by molar-refractivity contribution is 0.0696. The van der Waals surface area contributed by atoms with Gasteiger partial charge in [-0.15, -0.1) is 0 Å². The molecule has 0 spiro atoms. The highest BCUT2D eigenvalue weighted by Crippen LogP contribution is 2.38. The zero-order valence-electron chi connectivity index (χ0n) is 12.9. The molecule has 116 valence electrons. The average molecular weight is 310 g/mol. The molecule has 0 bridgehead atoms. The highest BCUT2D eigenvalue weighted by molar-refractivity contribution is 6.31. The third kappa shape index (κ3) is 3.78. The van der Waals surface area contributed by atoms with E-state index in [1.54, 1.807) is 12.1 Å². The average Bonchev–Trinajstić information content (AvgIpc) is 2.50. The third-order valence-corrected chi connectivity index (χ3v) is 5.46. The van der Waals surface area contributed by atoms with Gasteiger partial charge in [0.05, 0.1) is 5.56 Å². The molecule has 0 atom stereocenters. The summed E-state index contributed by atoms with van der Waals surface area (Å²) in [6.45, 7) is 7.58. The lowest BCUT2D eigenvalue weighted by atomic mass is 9.74. The molecular weight excluding hydrogens is 286 g/mol. The third-order valence-electron chi connectivity index (χ3n) is 5.11. The summed E-state index contributed by atoms with van der Waals surface area (Å²) in [6, 6.07) is 5.02. The van der Waals surface area contributed by atoms with Crippen molar-refractivity contribution in [2.45, 2.75) is 46.1 Å². The van der Waals surface area contributed by atoms with Crippen molar-refractivity contribution in [3.05, 3.63) is 34.3 Å². The quantitative estimate of drug-likeness (QED) is 0.874. The van der Waals surface area contributed by atoms with Gasteiger partial charge < -0.3 is 5.11 Å². The van der Waals surface area contributed by atoms with E-state index in [1.807, 2.05) is 6.07 Å². The van der Waals surface area contributed by atoms with Crippen molar-refractivity contribution in [2.75, 3.05) is 13.1 Å². The summed E-state index contributed by atoms with van der Waals surface area (Å²) in [7, 11) is 0. The Morgan fingerprint density at radius 1 is 1.29 bits per heavy atom. The van der Waals surface area contributed by atoms with Crippen LogP contribution in [0.15, 0.2) is 18.2 Å². The molecule has 1 fully saturated rings. The van der Waals surface area contributed by atoms with E-state index in [4.69, 9.17) is 16.7 Å². The van der Waals surface area contributed by atoms with Crippen molar-refractivity contribution in [1.82, 2.24) is 4.90 Å². The van der Waals surface area contributed by atoms with Crippen LogP contribution in [0.3, 0.4) is 0 Å². The molecule has 1 aromatic carbocycles. The van der Waals surface area contributed by atoms with Crippen LogP contribution < -0.4 is 0 Å². The number of nitrogens with zero attached hydrogens (tertiary/aromatic N) is 1. The normalized spacial score (nSPS) is 18.6. The Morgan fingerprint density at radius 3 is 2.38 bits per heavy atom. The Bertz CT molecular complexity index is 502. The van der Waals surface area contributed by atoms with Gasteiger partial charge in [-0.3, -0.25) is 4.90 Å². The first kappa shape index (κ1) is 16.3. The number of carboxylic acids is 1. The number of aromatic carboxylic acids is 1. The molecule has 0 unspecified atom stereocenters. The van der Waals surface area contributed by atoms with Crippen molar-refractivity contribution in [3.63, 3.8) is 0 Å². The fraction of sp³-hybridized carbons (Fsp3) is 0.588. The highest BCUT2D eigenvalue weighted by atomic mass is 35.5. The molecular formula is C17H24ClNO2. The van der Waals surface area contributed by atoms with E-state index >= 15 is 0 Å². The second-order valence-electron chi connectivity index (χ2n) is 6.09. The summed E-state index contributed by atoms with van der Waals surface area (Å²) in [6.07, 6.45) is 4.99. The van der Waals surface area contributed by atoms with Crippen LogP contribution >= 0.6 is 11.6 Å². The van der Waals surface area contributed by atoms with E-state index in [0.717, 1.165) is 25.2 Å². The summed E-state index contributed by atoms with van der Waals surface area (Å²) in [5.74, 6) is -0.933. The van der Waals surface area contributed by atoms with Gasteiger partial charge in [0.1, 0.15) is 0 Å². The van der Waals surface area contributed by atoms with Crippen LogP contribution in [0, 0.1) is 5.41 Å². The van der Waals surface area contributed by atoms with Gasteiger partial charge in [0.25, 0.3) is 0 Å². The summed E-state index contributed by atoms with van der Waals surface area (Å²) >= 11 is 6.21. The molecule has 1 aromatic rings. The SMILES string of the molecule is CCC1(CC)CCN(Cc2ccc(C(=O)O)cc2Cl)CC1. The lowest BCUT2D eigenvalue weighted by Gasteiger charge is -2.41. The van der Waals surface area contributed by atoms with Crippen molar-refractivity contribution in [1.29, 1.82) is 0 Å². The predicted molar refractivity (Wildman–Crippen MR) is 85.9 cm³/mol. The molecule has 2 rings (SSSR count). The Morgan fingerprint density at radius 2 is 1.90 bits per heavy atom. The van der Waals surface area contributed by atoms with E-state index in [2.05, 4.69) is 18.7 Å². The predicted octanol–water partition coefficient (Wildman–Crippen LogP) is 4.44. The number of benzene rings is 1. The molecule has 1 heterocycles. The lowest BCUT2D eigenvalue weighted by Crippen LogP contribution is -2.39. The van der Waals surface area contributed by atoms with E-state index < -0.39 is 5.97 Å². The summed E-state index contributed by atoms with van der Waals surface area (Å²) in [4.78, 5) is 13.3. The molecule has 0 aromatic heterocycles. The van der Waals surface area contributed by atoms with Gasteiger partial charge in [0.15, 0.2) is 0 Å². The van der Waals surface area contributed by atoms with Crippen LogP contribution in [0.25, 0.3) is 0 Å². The van der Waals surface area contributed by atoms with E-state index in [-0.39, 0.29) is 5.56 Å². The second-order valence-corrected chi connectivity index (χ2v) is 6.50. The van der Waals surface area contributed by atoms with E-state index in [0.29, 0.717) is 10.4 Å². The first-order chi connectivity index (χ1) is 9.99. The standard InChI is InChI=1S/C17H24ClNO2/c1-3-17(4-2)7-9-19(10-8-17)12-14-6-5-13(16(20)21)11-15(14)18/h5-6,11H,3-4,7-10,12H2,1-2H3,(H,20,21). The van der Waals surface area contributed by atoms with Gasteiger partial charge in [0, 0.05) is 11.6 Å². The van der Waals surface area contributed by atoms with Crippen LogP contribution in [0.5, 0.6) is 0 Å². The van der Waals surface area contributed by atoms with Gasteiger partial charge in [-0.1, -0.05) is 44.4 Å². The largest absolute Gasteiger partial charge is 0.478 e. The number of carbonyl (C=O) groups is 1. The molecule has 0 radical (unpaired) electrons.